The molecule has 1 fully saturated rings. The van der Waals surface area contributed by atoms with Crippen LogP contribution < -0.4 is 15.0 Å². The number of nitrogens with zero attached hydrogens (tertiary/aromatic N) is 1. The first-order valence-corrected chi connectivity index (χ1v) is 12.9. The zero-order valence-electron chi connectivity index (χ0n) is 18.2. The highest BCUT2D eigenvalue weighted by Crippen LogP contribution is 2.27. The van der Waals surface area contributed by atoms with Crippen LogP contribution in [0.2, 0.25) is 5.02 Å². The average Bonchev–Trinajstić information content (AvgIpc) is 3.18. The Balaban J connectivity index is 1.53. The molecule has 0 spiro atoms. The molecule has 1 unspecified atom stereocenters. The molecule has 0 aliphatic carbocycles. The summed E-state index contributed by atoms with van der Waals surface area (Å²) in [6.07, 6.45) is 0.356. The van der Waals surface area contributed by atoms with Crippen molar-refractivity contribution in [2.24, 2.45) is 0 Å². The maximum absolute atomic E-state index is 13.2. The Morgan fingerprint density at radius 2 is 1.68 bits per heavy atom. The lowest BCUT2D eigenvalue weighted by Crippen LogP contribution is -2.44. The Hall–Kier alpha value is -3.36. The van der Waals surface area contributed by atoms with Gasteiger partial charge in [0.1, 0.15) is 5.75 Å². The zero-order chi connectivity index (χ0) is 24.1. The number of anilines is 2. The SMILES string of the molecule is O=C(Nc1ccccc1)c1cc(Cl)ccc1OCC(=O)N(c1ccccc1)C1CCS(=O)(=O)C1. The van der Waals surface area contributed by atoms with Gasteiger partial charge in [-0.2, -0.15) is 0 Å². The van der Waals surface area contributed by atoms with Crippen molar-refractivity contribution in [3.63, 3.8) is 0 Å². The first-order valence-electron chi connectivity index (χ1n) is 10.7. The van der Waals surface area contributed by atoms with Crippen molar-refractivity contribution in [1.82, 2.24) is 0 Å². The Labute approximate surface area is 203 Å². The lowest BCUT2D eigenvalue weighted by Gasteiger charge is -2.28. The van der Waals surface area contributed by atoms with Crippen LogP contribution in [0, 0.1) is 0 Å². The summed E-state index contributed by atoms with van der Waals surface area (Å²) in [5.74, 6) is -0.705. The van der Waals surface area contributed by atoms with E-state index in [2.05, 4.69) is 5.32 Å². The number of hydrogen-bond donors (Lipinski definition) is 1. The van der Waals surface area contributed by atoms with Gasteiger partial charge in [0.2, 0.25) is 0 Å². The van der Waals surface area contributed by atoms with E-state index in [0.29, 0.717) is 22.8 Å². The lowest BCUT2D eigenvalue weighted by atomic mass is 10.1. The van der Waals surface area contributed by atoms with Crippen molar-refractivity contribution in [2.45, 2.75) is 12.5 Å². The molecule has 4 rings (SSSR count). The second kappa shape index (κ2) is 10.3. The molecule has 2 amide bonds. The van der Waals surface area contributed by atoms with Gasteiger partial charge in [0.25, 0.3) is 11.8 Å². The van der Waals surface area contributed by atoms with E-state index in [0.717, 1.165) is 0 Å². The molecule has 0 radical (unpaired) electrons. The molecule has 1 atom stereocenters. The van der Waals surface area contributed by atoms with Crippen molar-refractivity contribution in [3.8, 4) is 5.75 Å². The number of benzene rings is 3. The van der Waals surface area contributed by atoms with Gasteiger partial charge >= 0.3 is 0 Å². The Morgan fingerprint density at radius 3 is 2.32 bits per heavy atom. The fourth-order valence-corrected chi connectivity index (χ4v) is 5.73. The number of para-hydroxylation sites is 2. The van der Waals surface area contributed by atoms with Gasteiger partial charge in [0, 0.05) is 16.4 Å². The Bertz CT molecular complexity index is 1280. The smallest absolute Gasteiger partial charge is 0.265 e. The van der Waals surface area contributed by atoms with Crippen LogP contribution in [0.15, 0.2) is 78.9 Å². The largest absolute Gasteiger partial charge is 0.483 e. The molecular formula is C25H23ClN2O5S. The molecule has 3 aromatic carbocycles. The van der Waals surface area contributed by atoms with Gasteiger partial charge < -0.3 is 15.0 Å². The van der Waals surface area contributed by atoms with E-state index in [9.17, 15) is 18.0 Å². The number of carbonyl (C=O) groups is 2. The first kappa shape index (κ1) is 23.8. The van der Waals surface area contributed by atoms with E-state index >= 15 is 0 Å². The summed E-state index contributed by atoms with van der Waals surface area (Å²) in [6.45, 7) is -0.376. The van der Waals surface area contributed by atoms with E-state index in [1.807, 2.05) is 12.1 Å². The molecule has 9 heteroatoms. The summed E-state index contributed by atoms with van der Waals surface area (Å²) in [7, 11) is -3.20. The van der Waals surface area contributed by atoms with Crippen LogP contribution in [0.3, 0.4) is 0 Å². The molecule has 1 N–H and O–H groups in total. The zero-order valence-corrected chi connectivity index (χ0v) is 19.8. The van der Waals surface area contributed by atoms with Crippen molar-refractivity contribution in [3.05, 3.63) is 89.4 Å². The van der Waals surface area contributed by atoms with Gasteiger partial charge in [-0.05, 0) is 48.9 Å². The summed E-state index contributed by atoms with van der Waals surface area (Å²) in [6, 6.07) is 21.9. The molecule has 0 aromatic heterocycles. The van der Waals surface area contributed by atoms with Crippen LogP contribution in [0.25, 0.3) is 0 Å². The molecule has 0 saturated carbocycles. The normalized spacial score (nSPS) is 16.6. The minimum atomic E-state index is -3.20. The second-order valence-corrected chi connectivity index (χ2v) is 10.6. The van der Waals surface area contributed by atoms with Crippen LogP contribution in [0.4, 0.5) is 11.4 Å². The van der Waals surface area contributed by atoms with Gasteiger partial charge in [-0.15, -0.1) is 0 Å². The van der Waals surface area contributed by atoms with Crippen LogP contribution in [0.5, 0.6) is 5.75 Å². The van der Waals surface area contributed by atoms with E-state index in [1.165, 1.54) is 17.0 Å². The fourth-order valence-electron chi connectivity index (χ4n) is 3.86. The van der Waals surface area contributed by atoms with E-state index in [4.69, 9.17) is 16.3 Å². The predicted octanol–water partition coefficient (Wildman–Crippen LogP) is 4.19. The molecule has 1 aliphatic heterocycles. The van der Waals surface area contributed by atoms with Crippen molar-refractivity contribution in [2.75, 3.05) is 28.3 Å². The third-order valence-electron chi connectivity index (χ3n) is 5.45. The standard InChI is InChI=1S/C25H23ClN2O5S/c26-18-11-12-23(22(15-18)25(30)27-19-7-3-1-4-8-19)33-16-24(29)28(20-9-5-2-6-10-20)21-13-14-34(31,32)17-21/h1-12,15,21H,13-14,16-17H2,(H,27,30). The molecule has 1 aliphatic rings. The Morgan fingerprint density at radius 1 is 1.00 bits per heavy atom. The summed E-state index contributed by atoms with van der Waals surface area (Å²) < 4.78 is 29.9. The maximum Gasteiger partial charge on any atom is 0.265 e. The highest BCUT2D eigenvalue weighted by molar-refractivity contribution is 7.91. The molecule has 0 bridgehead atoms. The van der Waals surface area contributed by atoms with E-state index in [-0.39, 0.29) is 29.4 Å². The van der Waals surface area contributed by atoms with Gasteiger partial charge in [0.15, 0.2) is 16.4 Å². The predicted molar refractivity (Wildman–Crippen MR) is 132 cm³/mol. The van der Waals surface area contributed by atoms with Gasteiger partial charge in [-0.25, -0.2) is 8.42 Å². The lowest BCUT2D eigenvalue weighted by molar-refractivity contribution is -0.121. The average molecular weight is 499 g/mol. The second-order valence-electron chi connectivity index (χ2n) is 7.91. The van der Waals surface area contributed by atoms with Crippen molar-refractivity contribution in [1.29, 1.82) is 0 Å². The third-order valence-corrected chi connectivity index (χ3v) is 7.43. The number of amides is 2. The van der Waals surface area contributed by atoms with E-state index < -0.39 is 27.7 Å². The molecular weight excluding hydrogens is 476 g/mol. The number of nitrogens with one attached hydrogen (secondary N) is 1. The van der Waals surface area contributed by atoms with Crippen LogP contribution in [-0.4, -0.2) is 44.4 Å². The van der Waals surface area contributed by atoms with Crippen LogP contribution in [0.1, 0.15) is 16.8 Å². The number of halogens is 1. The Kier molecular flexibility index (Phi) is 7.19. The first-order chi connectivity index (χ1) is 16.3. The van der Waals surface area contributed by atoms with Crippen molar-refractivity contribution < 1.29 is 22.7 Å². The molecule has 34 heavy (non-hydrogen) atoms. The number of hydrogen-bond acceptors (Lipinski definition) is 5. The van der Waals surface area contributed by atoms with Crippen LogP contribution >= 0.6 is 11.6 Å². The van der Waals surface area contributed by atoms with Gasteiger partial charge in [-0.1, -0.05) is 48.0 Å². The highest BCUT2D eigenvalue weighted by Gasteiger charge is 2.35. The number of sulfone groups is 1. The maximum atomic E-state index is 13.2. The quantitative estimate of drug-likeness (QED) is 0.527. The topological polar surface area (TPSA) is 92.8 Å². The van der Waals surface area contributed by atoms with Gasteiger partial charge in [0.05, 0.1) is 23.1 Å². The number of ether oxygens (including phenoxy) is 1. The molecule has 7 nitrogen and oxygen atoms in total. The summed E-state index contributed by atoms with van der Waals surface area (Å²) in [5.41, 5.74) is 1.38. The third kappa shape index (κ3) is 5.76. The summed E-state index contributed by atoms with van der Waals surface area (Å²) >= 11 is 6.10. The minimum absolute atomic E-state index is 0.0378. The molecule has 1 heterocycles. The molecule has 3 aromatic rings. The summed E-state index contributed by atoms with van der Waals surface area (Å²) in [5, 5.41) is 3.12. The van der Waals surface area contributed by atoms with Gasteiger partial charge in [-0.3, -0.25) is 9.59 Å². The highest BCUT2D eigenvalue weighted by atomic mass is 35.5. The van der Waals surface area contributed by atoms with E-state index in [1.54, 1.807) is 54.6 Å². The summed E-state index contributed by atoms with van der Waals surface area (Å²) in [4.78, 5) is 27.6. The number of carbonyl (C=O) groups excluding carboxylic acids is 2. The number of rotatable bonds is 7. The fraction of sp³-hybridized carbons (Fsp3) is 0.200. The molecule has 1 saturated heterocycles. The van der Waals surface area contributed by atoms with Crippen LogP contribution in [-0.2, 0) is 14.6 Å². The molecule has 176 valence electrons. The van der Waals surface area contributed by atoms with Crippen molar-refractivity contribution >= 4 is 44.6 Å². The monoisotopic (exact) mass is 498 g/mol. The minimum Gasteiger partial charge on any atom is -0.483 e.